The molecule has 0 spiro atoms. The van der Waals surface area contributed by atoms with Crippen LogP contribution in [0.25, 0.3) is 10.9 Å². The number of hydrogen-bond donors (Lipinski definition) is 21. The summed E-state index contributed by atoms with van der Waals surface area (Å²) in [5, 5.41) is 114. The van der Waals surface area contributed by atoms with Crippen LogP contribution in [0.4, 0.5) is 9.59 Å². The number of ether oxygens (including phenoxy) is 2. The van der Waals surface area contributed by atoms with Crippen LogP contribution in [0.15, 0.2) is 23.2 Å². The predicted octanol–water partition coefficient (Wildman–Crippen LogP) is -9.71. The number of fused-ring (bicyclic) bond motifs is 5. The maximum absolute atomic E-state index is 14.8. The van der Waals surface area contributed by atoms with Crippen LogP contribution >= 0.6 is 21.6 Å². The molecular formula is C52H75N13O25S3. The Morgan fingerprint density at radius 3 is 2.23 bits per heavy atom. The van der Waals surface area contributed by atoms with E-state index in [1.807, 2.05) is 5.32 Å². The average Bonchev–Trinajstić information content (AvgIpc) is 1.66. The molecular weight excluding hydrogens is 1300 g/mol. The first-order valence-electron chi connectivity index (χ1n) is 28.5. The number of aromatic hydroxyl groups is 1. The Bertz CT molecular complexity index is 3060. The predicted molar refractivity (Wildman–Crippen MR) is 320 cm³/mol. The summed E-state index contributed by atoms with van der Waals surface area (Å²) in [5.41, 5.74) is 5.56. The van der Waals surface area contributed by atoms with Crippen LogP contribution in [0.3, 0.4) is 0 Å². The monoisotopic (exact) mass is 1380 g/mol. The molecule has 1 aromatic heterocycles. The minimum atomic E-state index is -2.48. The van der Waals surface area contributed by atoms with Gasteiger partial charge in [-0.05, 0) is 25.6 Å². The molecule has 41 heteroatoms. The van der Waals surface area contributed by atoms with Crippen LogP contribution in [-0.4, -0.2) is 287 Å². The molecule has 22 N–H and O–H groups in total. The molecule has 38 nitrogen and oxygen atoms in total. The molecule has 1 aromatic carbocycles. The van der Waals surface area contributed by atoms with Gasteiger partial charge in [-0.1, -0.05) is 28.5 Å². The number of H-pyrrole nitrogens is 1. The van der Waals surface area contributed by atoms with Crippen LogP contribution in [0.2, 0.25) is 0 Å². The first kappa shape index (κ1) is 75.9. The highest BCUT2D eigenvalue weighted by Gasteiger charge is 2.46. The number of phenolic OH excluding ortho intramolecular Hbond substituents is 1. The number of nitrogens with two attached hydrogens (primary N) is 1. The largest absolute Gasteiger partial charge is 0.610 e. The number of likely N-dealkylation sites (N-methyl/N-ethyl adjacent to an activating group) is 1. The number of aliphatic hydroxyl groups excluding tert-OH is 7. The smallest absolute Gasteiger partial charge is 0.508 e. The lowest BCUT2D eigenvalue weighted by molar-refractivity contribution is -0.144. The van der Waals surface area contributed by atoms with E-state index in [0.717, 1.165) is 26.5 Å². The lowest BCUT2D eigenvalue weighted by Gasteiger charge is -2.33. The first-order chi connectivity index (χ1) is 43.9. The van der Waals surface area contributed by atoms with E-state index in [0.29, 0.717) is 0 Å². The molecule has 93 heavy (non-hydrogen) atoms. The molecule has 3 aliphatic rings. The van der Waals surface area contributed by atoms with Crippen LogP contribution < -0.4 is 58.9 Å². The van der Waals surface area contributed by atoms with Crippen LogP contribution in [0.5, 0.6) is 5.75 Å². The maximum atomic E-state index is 14.8. The molecule has 0 aliphatic carbocycles. The van der Waals surface area contributed by atoms with E-state index in [9.17, 15) is 108 Å². The fourth-order valence-corrected chi connectivity index (χ4v) is 12.9. The van der Waals surface area contributed by atoms with Crippen molar-refractivity contribution >= 4 is 121 Å². The highest BCUT2D eigenvalue weighted by Crippen LogP contribution is 2.31. The Morgan fingerprint density at radius 1 is 0.849 bits per heavy atom. The number of aromatic amines is 1. The number of aliphatic carboxylic acids is 1. The fraction of sp³-hybridized carbons (Fsp3) is 0.596. The van der Waals surface area contributed by atoms with Crippen molar-refractivity contribution in [3.63, 3.8) is 0 Å². The van der Waals surface area contributed by atoms with Gasteiger partial charge < -0.3 is 123 Å². The third kappa shape index (κ3) is 22.4. The number of hydrogen-bond acceptors (Lipinski definition) is 27. The van der Waals surface area contributed by atoms with Crippen molar-refractivity contribution in [2.45, 2.75) is 123 Å². The SMILES string of the molecule is CN[C@@H](CCC(=O)NC[C@H](O)[C@@H](O)[C@H](O)[C@H](O)CO)C(=O)N[C@@H](CSSCCOC(=O)OC[C@H](O)[C@@H](C)[C@@H]1NC(=O)[C@@H]2C[C@@H](O)CN2C(=O)[C@H](CC(N)=O)NC(=O)[C@H]2C[S+]([O-])c3[nH]c4cc(O)ccc4c3C[C@@H](NC1=O)C(=O)NCC(=O)NC(=O)NCC(=O)N2)C(=O)O. The molecule has 1 unspecified atom stereocenters. The Labute approximate surface area is 538 Å². The number of urea groups is 1. The fourth-order valence-electron chi connectivity index (χ4n) is 9.51. The minimum Gasteiger partial charge on any atom is -0.610 e. The number of carboxylic acid groups (broad SMARTS) is 1. The molecule has 3 aliphatic heterocycles. The van der Waals surface area contributed by atoms with Crippen molar-refractivity contribution in [1.29, 1.82) is 0 Å². The molecule has 12 amide bonds. The Morgan fingerprint density at radius 2 is 1.55 bits per heavy atom. The number of nitrogens with one attached hydrogen (secondary N) is 11. The van der Waals surface area contributed by atoms with E-state index in [4.69, 9.17) is 20.3 Å². The molecule has 0 saturated carbocycles. The minimum absolute atomic E-state index is 0.00875. The van der Waals surface area contributed by atoms with Gasteiger partial charge in [0, 0.05) is 78.0 Å². The summed E-state index contributed by atoms with van der Waals surface area (Å²) in [6, 6.07) is -9.52. The first-order valence-corrected chi connectivity index (χ1v) is 32.3. The summed E-state index contributed by atoms with van der Waals surface area (Å²) >= 11 is -2.48. The topological polar surface area (TPSA) is 611 Å². The number of amides is 12. The number of primary amides is 1. The zero-order valence-corrected chi connectivity index (χ0v) is 52.2. The van der Waals surface area contributed by atoms with Gasteiger partial charge in [0.05, 0.1) is 56.0 Å². The molecule has 1 saturated heterocycles. The number of aliphatic hydroxyl groups is 7. The van der Waals surface area contributed by atoms with Crippen molar-refractivity contribution < 1.29 is 122 Å². The number of rotatable bonds is 25. The second-order valence-corrected chi connectivity index (χ2v) is 25.5. The number of carbonyl (C=O) groups is 13. The van der Waals surface area contributed by atoms with E-state index < -0.39 is 238 Å². The third-order valence-electron chi connectivity index (χ3n) is 14.6. The second-order valence-electron chi connectivity index (χ2n) is 21.4. The number of phenols is 1. The zero-order valence-electron chi connectivity index (χ0n) is 49.7. The number of carboxylic acids is 1. The van der Waals surface area contributed by atoms with E-state index >= 15 is 0 Å². The Kier molecular flexibility index (Phi) is 29.4. The van der Waals surface area contributed by atoms with Crippen molar-refractivity contribution in [2.24, 2.45) is 11.7 Å². The van der Waals surface area contributed by atoms with Gasteiger partial charge in [0.1, 0.15) is 73.2 Å². The number of imide groups is 1. The summed E-state index contributed by atoms with van der Waals surface area (Å²) in [5.74, 6) is -15.5. The molecule has 4 heterocycles. The van der Waals surface area contributed by atoms with Gasteiger partial charge in [-0.3, -0.25) is 53.3 Å². The standard InChI is InChI=1S/C52H75N13O25S3/c1-21(35(71)18-90-52(87)89-7-8-91-92-19-30(50(84)85)61-44(79)26(54-2)5-6-37(73)55-13-33(69)41(76)42(77)34(70)17-66)40-47(82)59-28-11-25-24-4-3-22(67)9-27(24)62-48(25)93(88)20-31(58-38(74)15-57-51(86)63-39(75)14-56-43(28)78)45(80)60-29(12-36(53)72)49(83)65-16-23(68)10-32(65)46(81)64-40/h3-4,9,21,23,26,28-35,40-42,54,62,66-71,76-77H,5-8,10-20H2,1-2H3,(H2,53,72)(H,55,73)(H,56,78)(H,58,74)(H,59,82)(H,60,80)(H,61,79)(H,64,81)(H,84,85)(H2,57,63,75,86)/t21-,23-,26+,28-,29+,30+,31-,32+,33+,34-,35+,40+,41-,42-,93?/m1/s1. The molecule has 2 aromatic rings. The highest BCUT2D eigenvalue weighted by molar-refractivity contribution is 8.76. The van der Waals surface area contributed by atoms with Gasteiger partial charge in [0.15, 0.2) is 6.04 Å². The summed E-state index contributed by atoms with van der Waals surface area (Å²) in [6.45, 7) is -4.13. The highest BCUT2D eigenvalue weighted by atomic mass is 33.1. The molecule has 2 bridgehead atoms. The summed E-state index contributed by atoms with van der Waals surface area (Å²) in [4.78, 5) is 178. The Balaban J connectivity index is 1.31. The zero-order chi connectivity index (χ0) is 69.0. The van der Waals surface area contributed by atoms with Gasteiger partial charge >= 0.3 is 18.2 Å². The van der Waals surface area contributed by atoms with Crippen molar-refractivity contribution in [3.05, 3.63) is 23.8 Å². The van der Waals surface area contributed by atoms with E-state index in [1.54, 1.807) is 0 Å². The second kappa shape index (κ2) is 36.0. The van der Waals surface area contributed by atoms with Gasteiger partial charge in [-0.15, -0.1) is 0 Å². The number of carbonyl (C=O) groups excluding carboxylic acids is 12. The van der Waals surface area contributed by atoms with Crippen molar-refractivity contribution in [3.8, 4) is 5.75 Å². The normalized spacial score (nSPS) is 23.8. The van der Waals surface area contributed by atoms with E-state index in [1.165, 1.54) is 32.2 Å². The Hall–Kier alpha value is -7.84. The van der Waals surface area contributed by atoms with E-state index in [2.05, 4.69) is 52.8 Å². The number of nitrogens with zero attached hydrogens (tertiary/aromatic N) is 1. The van der Waals surface area contributed by atoms with Gasteiger partial charge in [-0.2, -0.15) is 0 Å². The average molecular weight is 1380 g/mol. The van der Waals surface area contributed by atoms with Gasteiger partial charge in [0.2, 0.25) is 64.1 Å². The lowest BCUT2D eigenvalue weighted by Crippen LogP contribution is -2.62. The van der Waals surface area contributed by atoms with E-state index in [-0.39, 0.29) is 58.2 Å². The molecule has 0 radical (unpaired) electrons. The van der Waals surface area contributed by atoms with Crippen LogP contribution in [-0.2, 0) is 79.8 Å². The van der Waals surface area contributed by atoms with Crippen molar-refractivity contribution in [2.75, 3.05) is 70.3 Å². The van der Waals surface area contributed by atoms with Gasteiger partial charge in [-0.25, -0.2) is 14.4 Å². The number of aromatic nitrogens is 1. The molecule has 15 atom stereocenters. The third-order valence-corrected chi connectivity index (χ3v) is 18.4. The summed E-state index contributed by atoms with van der Waals surface area (Å²) < 4.78 is 24.8. The summed E-state index contributed by atoms with van der Waals surface area (Å²) in [6.07, 6.45) is -14.8. The molecule has 1 fully saturated rings. The molecule has 516 valence electrons. The maximum Gasteiger partial charge on any atom is 0.508 e. The number of benzene rings is 1. The van der Waals surface area contributed by atoms with Crippen LogP contribution in [0.1, 0.15) is 38.2 Å². The quantitative estimate of drug-likeness (QED) is 0.0190. The summed E-state index contributed by atoms with van der Waals surface area (Å²) in [7, 11) is 3.31. The lowest BCUT2D eigenvalue weighted by atomic mass is 9.93. The van der Waals surface area contributed by atoms with Gasteiger partial charge in [0.25, 0.3) is 0 Å². The van der Waals surface area contributed by atoms with Crippen molar-refractivity contribution in [1.82, 2.24) is 63.1 Å². The molecule has 5 rings (SSSR count). The van der Waals surface area contributed by atoms with Crippen LogP contribution in [0, 0.1) is 5.92 Å².